The largest absolute Gasteiger partial charge is 0.489 e. The van der Waals surface area contributed by atoms with Crippen LogP contribution in [-0.4, -0.2) is 49.1 Å². The van der Waals surface area contributed by atoms with Crippen molar-refractivity contribution in [2.75, 3.05) is 30.0 Å². The zero-order valence-corrected chi connectivity index (χ0v) is 16.8. The minimum Gasteiger partial charge on any atom is -0.489 e. The number of nitrogens with one attached hydrogen (secondary N) is 1. The van der Waals surface area contributed by atoms with Crippen molar-refractivity contribution in [3.63, 3.8) is 0 Å². The molecule has 2 aromatic rings. The highest BCUT2D eigenvalue weighted by atomic mass is 16.5. The van der Waals surface area contributed by atoms with Gasteiger partial charge in [0.2, 0.25) is 0 Å². The number of nitrogens with zero attached hydrogens (tertiary/aromatic N) is 3. The predicted octanol–water partition coefficient (Wildman–Crippen LogP) is 2.61. The van der Waals surface area contributed by atoms with E-state index in [-0.39, 0.29) is 18.4 Å². The first-order valence-electron chi connectivity index (χ1n) is 10.1. The Labute approximate surface area is 170 Å². The van der Waals surface area contributed by atoms with E-state index in [2.05, 4.69) is 22.1 Å². The van der Waals surface area contributed by atoms with Crippen molar-refractivity contribution in [2.24, 2.45) is 0 Å². The standard InChI is InChI=1S/C22H26N4O3/c1-15-7-5-6-12-26(15)20-13-16(10-11-23-20)21(27)24-17-14-29-19-9-4-3-8-18(19)25(2)22(17)28/h3-4,8-11,13,15,17H,5-7,12,14H2,1-2H3,(H,24,27)/t15?,17-/m0/s1. The third-order valence-corrected chi connectivity index (χ3v) is 5.67. The lowest BCUT2D eigenvalue weighted by Crippen LogP contribution is -2.49. The average molecular weight is 394 g/mol. The van der Waals surface area contributed by atoms with Gasteiger partial charge in [0.15, 0.2) is 0 Å². The minimum atomic E-state index is -0.759. The molecular formula is C22H26N4O3. The zero-order valence-electron chi connectivity index (χ0n) is 16.8. The molecule has 3 heterocycles. The number of piperidine rings is 1. The number of amides is 2. The molecule has 0 radical (unpaired) electrons. The number of hydrogen-bond donors (Lipinski definition) is 1. The number of ether oxygens (including phenoxy) is 1. The van der Waals surface area contributed by atoms with Crippen LogP contribution in [-0.2, 0) is 4.79 Å². The van der Waals surface area contributed by atoms with Crippen molar-refractivity contribution < 1.29 is 14.3 Å². The lowest BCUT2D eigenvalue weighted by molar-refractivity contribution is -0.120. The summed E-state index contributed by atoms with van der Waals surface area (Å²) in [5.74, 6) is 0.921. The number of carbonyl (C=O) groups is 2. The Hall–Kier alpha value is -3.09. The summed E-state index contributed by atoms with van der Waals surface area (Å²) in [6, 6.07) is 10.5. The van der Waals surface area contributed by atoms with Gasteiger partial charge in [-0.1, -0.05) is 12.1 Å². The maximum absolute atomic E-state index is 12.9. The molecule has 2 atom stereocenters. The van der Waals surface area contributed by atoms with Crippen LogP contribution in [0.4, 0.5) is 11.5 Å². The second-order valence-corrected chi connectivity index (χ2v) is 7.64. The molecule has 2 aliphatic rings. The van der Waals surface area contributed by atoms with Crippen LogP contribution in [0.5, 0.6) is 5.75 Å². The zero-order chi connectivity index (χ0) is 20.4. The number of hydrogen-bond acceptors (Lipinski definition) is 5. The van der Waals surface area contributed by atoms with E-state index in [1.165, 1.54) is 11.3 Å². The fraction of sp³-hybridized carbons (Fsp3) is 0.409. The molecule has 29 heavy (non-hydrogen) atoms. The molecule has 0 bridgehead atoms. The lowest BCUT2D eigenvalue weighted by Gasteiger charge is -2.34. The van der Waals surface area contributed by atoms with Gasteiger partial charge in [0.05, 0.1) is 5.69 Å². The van der Waals surface area contributed by atoms with Crippen LogP contribution < -0.4 is 19.9 Å². The van der Waals surface area contributed by atoms with Crippen LogP contribution in [0.15, 0.2) is 42.6 Å². The smallest absolute Gasteiger partial charge is 0.252 e. The van der Waals surface area contributed by atoms with Gasteiger partial charge in [0.25, 0.3) is 11.8 Å². The molecule has 4 rings (SSSR count). The second-order valence-electron chi connectivity index (χ2n) is 7.64. The molecule has 1 aromatic carbocycles. The number of para-hydroxylation sites is 2. The van der Waals surface area contributed by atoms with Crippen LogP contribution in [0.1, 0.15) is 36.5 Å². The summed E-state index contributed by atoms with van der Waals surface area (Å²) in [5.41, 5.74) is 1.18. The van der Waals surface area contributed by atoms with E-state index in [4.69, 9.17) is 4.74 Å². The first kappa shape index (κ1) is 19.2. The maximum atomic E-state index is 12.9. The van der Waals surface area contributed by atoms with Crippen molar-refractivity contribution >= 4 is 23.3 Å². The molecule has 1 saturated heterocycles. The molecule has 1 N–H and O–H groups in total. The van der Waals surface area contributed by atoms with Crippen molar-refractivity contribution in [1.82, 2.24) is 10.3 Å². The Morgan fingerprint density at radius 1 is 1.24 bits per heavy atom. The summed E-state index contributed by atoms with van der Waals surface area (Å²) in [7, 11) is 1.69. The fourth-order valence-electron chi connectivity index (χ4n) is 3.95. The van der Waals surface area contributed by atoms with Crippen molar-refractivity contribution in [3.8, 4) is 5.75 Å². The van der Waals surface area contributed by atoms with E-state index in [0.29, 0.717) is 23.0 Å². The number of benzene rings is 1. The molecular weight excluding hydrogens is 368 g/mol. The van der Waals surface area contributed by atoms with E-state index >= 15 is 0 Å². The van der Waals surface area contributed by atoms with Crippen LogP contribution in [0.3, 0.4) is 0 Å². The predicted molar refractivity (Wildman–Crippen MR) is 111 cm³/mol. The molecule has 2 aliphatic heterocycles. The van der Waals surface area contributed by atoms with Crippen LogP contribution >= 0.6 is 0 Å². The Kier molecular flexibility index (Phi) is 5.38. The van der Waals surface area contributed by atoms with Gasteiger partial charge in [-0.3, -0.25) is 9.59 Å². The number of carbonyl (C=O) groups excluding carboxylic acids is 2. The molecule has 0 aliphatic carbocycles. The second kappa shape index (κ2) is 8.11. The molecule has 1 fully saturated rings. The van der Waals surface area contributed by atoms with Gasteiger partial charge in [0, 0.05) is 31.4 Å². The summed E-state index contributed by atoms with van der Waals surface area (Å²) in [6.45, 7) is 3.22. The highest BCUT2D eigenvalue weighted by Crippen LogP contribution is 2.30. The topological polar surface area (TPSA) is 74.8 Å². The number of fused-ring (bicyclic) bond motifs is 1. The number of anilines is 2. The third-order valence-electron chi connectivity index (χ3n) is 5.67. The summed E-state index contributed by atoms with van der Waals surface area (Å²) in [5, 5.41) is 2.83. The normalized spacial score (nSPS) is 21.8. The number of likely N-dealkylation sites (N-methyl/N-ethyl adjacent to an activating group) is 1. The molecule has 7 nitrogen and oxygen atoms in total. The average Bonchev–Trinajstić information content (AvgIpc) is 2.86. The van der Waals surface area contributed by atoms with Gasteiger partial charge in [-0.2, -0.15) is 0 Å². The van der Waals surface area contributed by atoms with E-state index in [9.17, 15) is 9.59 Å². The highest BCUT2D eigenvalue weighted by molar-refractivity contribution is 6.03. The van der Waals surface area contributed by atoms with Crippen LogP contribution in [0.25, 0.3) is 0 Å². The first-order valence-corrected chi connectivity index (χ1v) is 10.1. The molecule has 7 heteroatoms. The number of rotatable bonds is 3. The Morgan fingerprint density at radius 2 is 2.07 bits per heavy atom. The summed E-state index contributed by atoms with van der Waals surface area (Å²) >= 11 is 0. The highest BCUT2D eigenvalue weighted by Gasteiger charge is 2.31. The molecule has 152 valence electrons. The maximum Gasteiger partial charge on any atom is 0.252 e. The third kappa shape index (κ3) is 3.90. The minimum absolute atomic E-state index is 0.0903. The van der Waals surface area contributed by atoms with Crippen molar-refractivity contribution in [2.45, 2.75) is 38.3 Å². The molecule has 2 amide bonds. The van der Waals surface area contributed by atoms with Gasteiger partial charge in [-0.05, 0) is 50.5 Å². The van der Waals surface area contributed by atoms with Gasteiger partial charge in [-0.25, -0.2) is 4.98 Å². The summed E-state index contributed by atoms with van der Waals surface area (Å²) in [4.78, 5) is 34.0. The monoisotopic (exact) mass is 394 g/mol. The fourth-order valence-corrected chi connectivity index (χ4v) is 3.95. The first-order chi connectivity index (χ1) is 14.0. The van der Waals surface area contributed by atoms with Crippen molar-refractivity contribution in [3.05, 3.63) is 48.2 Å². The van der Waals surface area contributed by atoms with Gasteiger partial charge in [-0.15, -0.1) is 0 Å². The lowest BCUT2D eigenvalue weighted by atomic mass is 10.0. The summed E-state index contributed by atoms with van der Waals surface area (Å²) < 4.78 is 5.77. The van der Waals surface area contributed by atoms with Crippen LogP contribution in [0.2, 0.25) is 0 Å². The van der Waals surface area contributed by atoms with Crippen LogP contribution in [0, 0.1) is 0 Å². The molecule has 1 unspecified atom stereocenters. The SMILES string of the molecule is CC1CCCCN1c1cc(C(=O)N[C@H]2COc3ccccc3N(C)C2=O)ccn1. The van der Waals surface area contributed by atoms with E-state index < -0.39 is 6.04 Å². The van der Waals surface area contributed by atoms with E-state index in [1.807, 2.05) is 24.3 Å². The van der Waals surface area contributed by atoms with E-state index in [1.54, 1.807) is 25.4 Å². The summed E-state index contributed by atoms with van der Waals surface area (Å²) in [6.07, 6.45) is 5.12. The van der Waals surface area contributed by atoms with E-state index in [0.717, 1.165) is 25.2 Å². The Balaban J connectivity index is 1.50. The number of aromatic nitrogens is 1. The quantitative estimate of drug-likeness (QED) is 0.866. The van der Waals surface area contributed by atoms with Gasteiger partial charge < -0.3 is 19.9 Å². The Morgan fingerprint density at radius 3 is 2.90 bits per heavy atom. The molecule has 0 saturated carbocycles. The molecule has 1 aromatic heterocycles. The number of pyridine rings is 1. The molecule has 0 spiro atoms. The van der Waals surface area contributed by atoms with Gasteiger partial charge >= 0.3 is 0 Å². The van der Waals surface area contributed by atoms with Gasteiger partial charge in [0.1, 0.15) is 24.2 Å². The van der Waals surface area contributed by atoms with Crippen molar-refractivity contribution in [1.29, 1.82) is 0 Å². The Bertz CT molecular complexity index is 916.